The predicted molar refractivity (Wildman–Crippen MR) is 127 cm³/mol. The first-order valence-corrected chi connectivity index (χ1v) is 12.6. The monoisotopic (exact) mass is 468 g/mol. The molecule has 1 aliphatic rings. The van der Waals surface area contributed by atoms with Gasteiger partial charge in [-0.25, -0.2) is 8.42 Å². The number of nitrogens with zero attached hydrogens (tertiary/aromatic N) is 1. The highest BCUT2D eigenvalue weighted by Crippen LogP contribution is 2.25. The zero-order chi connectivity index (χ0) is 23.1. The molecule has 0 bridgehead atoms. The lowest BCUT2D eigenvalue weighted by Gasteiger charge is -2.25. The number of nitrogens with one attached hydrogen (secondary N) is 1. The summed E-state index contributed by atoms with van der Waals surface area (Å²) in [4.78, 5) is 12.4. The summed E-state index contributed by atoms with van der Waals surface area (Å²) in [6, 6.07) is 20.0. The molecule has 8 heteroatoms. The summed E-state index contributed by atoms with van der Waals surface area (Å²) >= 11 is 0. The fourth-order valence-corrected chi connectivity index (χ4v) is 5.35. The third-order valence-electron chi connectivity index (χ3n) is 5.58. The van der Waals surface area contributed by atoms with Crippen LogP contribution in [0.3, 0.4) is 0 Å². The molecule has 3 aromatic rings. The molecular weight excluding hydrogens is 440 g/mol. The van der Waals surface area contributed by atoms with Crippen molar-refractivity contribution in [2.75, 3.05) is 32.8 Å². The lowest BCUT2D eigenvalue weighted by Crippen LogP contribution is -2.35. The highest BCUT2D eigenvalue weighted by atomic mass is 32.2. The Bertz CT molecular complexity index is 1180. The molecule has 3 aromatic carbocycles. The second-order valence-electron chi connectivity index (χ2n) is 7.90. The van der Waals surface area contributed by atoms with Crippen LogP contribution in [0.5, 0.6) is 11.5 Å². The maximum absolute atomic E-state index is 12.7. The standard InChI is InChI=1S/C25H28N2O5S/c28-25(19-32-24-10-6-8-20-7-2-3-9-23(20)24)26-15-18-31-21-11-13-22(14-12-21)33(29,30)27-16-4-1-5-17-27/h2-3,6-14H,1,4-5,15-19H2,(H,26,28). The smallest absolute Gasteiger partial charge is 0.258 e. The molecule has 0 radical (unpaired) electrons. The Morgan fingerprint density at radius 3 is 2.39 bits per heavy atom. The fraction of sp³-hybridized carbons (Fsp3) is 0.320. The number of ether oxygens (including phenoxy) is 2. The molecule has 1 heterocycles. The van der Waals surface area contributed by atoms with Gasteiger partial charge in [0.2, 0.25) is 10.0 Å². The number of carbonyl (C=O) groups excluding carboxylic acids is 1. The average Bonchev–Trinajstić information content (AvgIpc) is 2.86. The van der Waals surface area contributed by atoms with Gasteiger partial charge in [0.25, 0.3) is 5.91 Å². The molecular formula is C25H28N2O5S. The lowest BCUT2D eigenvalue weighted by atomic mass is 10.1. The molecule has 0 aliphatic carbocycles. The number of amides is 1. The lowest BCUT2D eigenvalue weighted by molar-refractivity contribution is -0.123. The minimum Gasteiger partial charge on any atom is -0.492 e. The summed E-state index contributed by atoms with van der Waals surface area (Å²) in [5, 5.41) is 4.77. The van der Waals surface area contributed by atoms with E-state index in [-0.39, 0.29) is 24.0 Å². The van der Waals surface area contributed by atoms with E-state index in [1.807, 2.05) is 42.5 Å². The molecule has 1 saturated heterocycles. The first kappa shape index (κ1) is 23.1. The van der Waals surface area contributed by atoms with Crippen molar-refractivity contribution in [3.05, 3.63) is 66.7 Å². The predicted octanol–water partition coefficient (Wildman–Crippen LogP) is 3.59. The SMILES string of the molecule is O=C(COc1cccc2ccccc12)NCCOc1ccc(S(=O)(=O)N2CCCCC2)cc1. The third kappa shape index (κ3) is 5.83. The Labute approximate surface area is 194 Å². The zero-order valence-electron chi connectivity index (χ0n) is 18.4. The van der Waals surface area contributed by atoms with Crippen molar-refractivity contribution in [2.24, 2.45) is 0 Å². The number of sulfonamides is 1. The Hall–Kier alpha value is -3.10. The molecule has 0 aromatic heterocycles. The second-order valence-corrected chi connectivity index (χ2v) is 9.84. The van der Waals surface area contributed by atoms with E-state index in [2.05, 4.69) is 5.32 Å². The Kier molecular flexibility index (Phi) is 7.47. The number of piperidine rings is 1. The van der Waals surface area contributed by atoms with E-state index in [1.54, 1.807) is 28.6 Å². The van der Waals surface area contributed by atoms with Gasteiger partial charge in [-0.05, 0) is 48.6 Å². The number of hydrogen-bond donors (Lipinski definition) is 1. The van der Waals surface area contributed by atoms with Crippen LogP contribution in [-0.2, 0) is 14.8 Å². The first-order valence-electron chi connectivity index (χ1n) is 11.1. The van der Waals surface area contributed by atoms with Crippen molar-refractivity contribution in [3.63, 3.8) is 0 Å². The van der Waals surface area contributed by atoms with E-state index < -0.39 is 10.0 Å². The Balaban J connectivity index is 1.21. The van der Waals surface area contributed by atoms with Crippen LogP contribution in [0.15, 0.2) is 71.6 Å². The second kappa shape index (κ2) is 10.7. The Morgan fingerprint density at radius 1 is 0.879 bits per heavy atom. The van der Waals surface area contributed by atoms with Crippen LogP contribution in [-0.4, -0.2) is 51.5 Å². The van der Waals surface area contributed by atoms with E-state index in [1.165, 1.54) is 0 Å². The first-order chi connectivity index (χ1) is 16.0. The summed E-state index contributed by atoms with van der Waals surface area (Å²) in [6.45, 7) is 1.63. The highest BCUT2D eigenvalue weighted by Gasteiger charge is 2.25. The number of benzene rings is 3. The van der Waals surface area contributed by atoms with Gasteiger partial charge in [0.15, 0.2) is 6.61 Å². The van der Waals surface area contributed by atoms with Crippen LogP contribution in [0, 0.1) is 0 Å². The number of fused-ring (bicyclic) bond motifs is 1. The van der Waals surface area contributed by atoms with Crippen LogP contribution in [0.1, 0.15) is 19.3 Å². The molecule has 0 saturated carbocycles. The van der Waals surface area contributed by atoms with Crippen LogP contribution in [0.4, 0.5) is 0 Å². The maximum atomic E-state index is 12.7. The summed E-state index contributed by atoms with van der Waals surface area (Å²) in [5.41, 5.74) is 0. The van der Waals surface area contributed by atoms with E-state index in [4.69, 9.17) is 9.47 Å². The minimum absolute atomic E-state index is 0.0862. The topological polar surface area (TPSA) is 84.9 Å². The summed E-state index contributed by atoms with van der Waals surface area (Å²) in [5.74, 6) is 0.974. The molecule has 174 valence electrons. The van der Waals surface area contributed by atoms with Crippen molar-refractivity contribution in [1.82, 2.24) is 9.62 Å². The normalized spacial score (nSPS) is 14.7. The van der Waals surface area contributed by atoms with Gasteiger partial charge in [0.05, 0.1) is 11.4 Å². The average molecular weight is 469 g/mol. The van der Waals surface area contributed by atoms with Gasteiger partial charge in [-0.3, -0.25) is 4.79 Å². The molecule has 1 fully saturated rings. The highest BCUT2D eigenvalue weighted by molar-refractivity contribution is 7.89. The van der Waals surface area contributed by atoms with E-state index >= 15 is 0 Å². The van der Waals surface area contributed by atoms with E-state index in [0.29, 0.717) is 31.1 Å². The molecule has 0 atom stereocenters. The number of rotatable bonds is 9. The quantitative estimate of drug-likeness (QED) is 0.485. The van der Waals surface area contributed by atoms with Gasteiger partial charge in [-0.2, -0.15) is 4.31 Å². The van der Waals surface area contributed by atoms with Gasteiger partial charge >= 0.3 is 0 Å². The molecule has 0 spiro atoms. The van der Waals surface area contributed by atoms with Gasteiger partial charge in [0, 0.05) is 18.5 Å². The molecule has 7 nitrogen and oxygen atoms in total. The van der Waals surface area contributed by atoms with Crippen LogP contribution in [0.2, 0.25) is 0 Å². The molecule has 0 unspecified atom stereocenters. The molecule has 1 amide bonds. The maximum Gasteiger partial charge on any atom is 0.258 e. The molecule has 1 aliphatic heterocycles. The third-order valence-corrected chi connectivity index (χ3v) is 7.49. The van der Waals surface area contributed by atoms with Crippen molar-refractivity contribution >= 4 is 26.7 Å². The summed E-state index contributed by atoms with van der Waals surface area (Å²) < 4.78 is 38.2. The van der Waals surface area contributed by atoms with Crippen molar-refractivity contribution in [2.45, 2.75) is 24.2 Å². The van der Waals surface area contributed by atoms with E-state index in [0.717, 1.165) is 30.0 Å². The van der Waals surface area contributed by atoms with Gasteiger partial charge in [-0.1, -0.05) is 42.8 Å². The van der Waals surface area contributed by atoms with E-state index in [9.17, 15) is 13.2 Å². The van der Waals surface area contributed by atoms with Crippen LogP contribution in [0.25, 0.3) is 10.8 Å². The number of carbonyl (C=O) groups is 1. The van der Waals surface area contributed by atoms with Gasteiger partial charge < -0.3 is 14.8 Å². The van der Waals surface area contributed by atoms with Crippen molar-refractivity contribution in [1.29, 1.82) is 0 Å². The summed E-state index contributed by atoms with van der Waals surface area (Å²) in [7, 11) is -3.45. The Morgan fingerprint density at radius 2 is 1.61 bits per heavy atom. The van der Waals surface area contributed by atoms with Gasteiger partial charge in [0.1, 0.15) is 18.1 Å². The summed E-state index contributed by atoms with van der Waals surface area (Å²) in [6.07, 6.45) is 2.88. The van der Waals surface area contributed by atoms with Crippen LogP contribution >= 0.6 is 0 Å². The zero-order valence-corrected chi connectivity index (χ0v) is 19.2. The number of hydrogen-bond acceptors (Lipinski definition) is 5. The molecule has 1 N–H and O–H groups in total. The van der Waals surface area contributed by atoms with Crippen molar-refractivity contribution in [3.8, 4) is 11.5 Å². The largest absolute Gasteiger partial charge is 0.492 e. The fourth-order valence-electron chi connectivity index (χ4n) is 3.84. The van der Waals surface area contributed by atoms with Crippen molar-refractivity contribution < 1.29 is 22.7 Å². The van der Waals surface area contributed by atoms with Gasteiger partial charge in [-0.15, -0.1) is 0 Å². The molecule has 33 heavy (non-hydrogen) atoms. The van der Waals surface area contributed by atoms with Crippen LogP contribution < -0.4 is 14.8 Å². The minimum atomic E-state index is -3.45. The molecule has 4 rings (SSSR count).